The van der Waals surface area contributed by atoms with Crippen LogP contribution in [0.2, 0.25) is 0 Å². The Kier molecular flexibility index (Phi) is 4.18. The minimum Gasteiger partial charge on any atom is -0.295 e. The van der Waals surface area contributed by atoms with Gasteiger partial charge in [-0.05, 0) is 36.3 Å². The molecule has 7 heteroatoms. The van der Waals surface area contributed by atoms with Crippen molar-refractivity contribution in [3.63, 3.8) is 0 Å². The molecule has 25 heavy (non-hydrogen) atoms. The van der Waals surface area contributed by atoms with Crippen LogP contribution in [0.25, 0.3) is 16.7 Å². The third-order valence-corrected chi connectivity index (χ3v) is 4.42. The van der Waals surface area contributed by atoms with Crippen molar-refractivity contribution in [2.24, 2.45) is 11.8 Å². The molecule has 132 valence electrons. The quantitative estimate of drug-likeness (QED) is 0.870. The SMILES string of the molecule is CC(C)[C@@H](C)C(=O)Nc1nc2ccc(C(F)(F)F)cc2n1C1=CC=C1. The summed E-state index contributed by atoms with van der Waals surface area (Å²) in [6, 6.07) is 3.36. The van der Waals surface area contributed by atoms with Crippen molar-refractivity contribution >= 4 is 28.6 Å². The lowest BCUT2D eigenvalue weighted by Gasteiger charge is -2.18. The van der Waals surface area contributed by atoms with Gasteiger partial charge in [0, 0.05) is 11.6 Å². The fraction of sp³-hybridized carbons (Fsp3) is 0.333. The molecule has 0 spiro atoms. The summed E-state index contributed by atoms with van der Waals surface area (Å²) >= 11 is 0. The van der Waals surface area contributed by atoms with E-state index in [1.54, 1.807) is 25.2 Å². The molecule has 0 aliphatic heterocycles. The van der Waals surface area contributed by atoms with Gasteiger partial charge in [-0.3, -0.25) is 14.7 Å². The number of carbonyl (C=O) groups excluding carboxylic acids is 1. The Morgan fingerprint density at radius 2 is 1.92 bits per heavy atom. The number of halogens is 3. The Labute approximate surface area is 143 Å². The van der Waals surface area contributed by atoms with Gasteiger partial charge in [0.2, 0.25) is 11.9 Å². The molecule has 1 aliphatic rings. The molecule has 0 fully saturated rings. The predicted octanol–water partition coefficient (Wildman–Crippen LogP) is 4.70. The van der Waals surface area contributed by atoms with Gasteiger partial charge in [-0.2, -0.15) is 13.2 Å². The molecule has 0 unspecified atom stereocenters. The van der Waals surface area contributed by atoms with Gasteiger partial charge >= 0.3 is 6.18 Å². The molecule has 0 radical (unpaired) electrons. The van der Waals surface area contributed by atoms with Gasteiger partial charge in [-0.15, -0.1) is 0 Å². The number of benzene rings is 1. The van der Waals surface area contributed by atoms with Crippen molar-refractivity contribution in [3.8, 4) is 0 Å². The van der Waals surface area contributed by atoms with E-state index in [9.17, 15) is 18.0 Å². The average Bonchev–Trinajstić information content (AvgIpc) is 2.81. The maximum absolute atomic E-state index is 13.0. The van der Waals surface area contributed by atoms with E-state index in [4.69, 9.17) is 0 Å². The van der Waals surface area contributed by atoms with Crippen LogP contribution in [-0.4, -0.2) is 15.5 Å². The standard InChI is InChI=1S/C18H18F3N3O/c1-10(2)11(3)16(25)23-17-22-14-8-7-12(18(19,20)21)9-15(14)24(17)13-5-4-6-13/h4-11H,1-3H3,(H,22,23,25)/t11-/m1/s1. The van der Waals surface area contributed by atoms with E-state index in [0.717, 1.165) is 12.1 Å². The lowest BCUT2D eigenvalue weighted by Crippen LogP contribution is -2.26. The number of imidazole rings is 1. The van der Waals surface area contributed by atoms with Crippen LogP contribution in [0.5, 0.6) is 0 Å². The lowest BCUT2D eigenvalue weighted by molar-refractivity contribution is -0.137. The van der Waals surface area contributed by atoms with E-state index in [1.807, 2.05) is 13.8 Å². The smallest absolute Gasteiger partial charge is 0.295 e. The number of hydrogen-bond donors (Lipinski definition) is 1. The third-order valence-electron chi connectivity index (χ3n) is 4.42. The van der Waals surface area contributed by atoms with Crippen LogP contribution in [0.15, 0.2) is 36.4 Å². The molecule has 0 saturated heterocycles. The highest BCUT2D eigenvalue weighted by molar-refractivity contribution is 5.95. The van der Waals surface area contributed by atoms with Crippen LogP contribution in [0.1, 0.15) is 26.3 Å². The number of allylic oxidation sites excluding steroid dienone is 4. The van der Waals surface area contributed by atoms with Crippen LogP contribution >= 0.6 is 0 Å². The van der Waals surface area contributed by atoms with E-state index in [2.05, 4.69) is 10.3 Å². The zero-order chi connectivity index (χ0) is 18.4. The molecule has 0 bridgehead atoms. The number of carbonyl (C=O) groups is 1. The highest BCUT2D eigenvalue weighted by atomic mass is 19.4. The number of aromatic nitrogens is 2. The van der Waals surface area contributed by atoms with Gasteiger partial charge in [-0.1, -0.05) is 26.8 Å². The topological polar surface area (TPSA) is 46.9 Å². The summed E-state index contributed by atoms with van der Waals surface area (Å²) < 4.78 is 40.6. The second kappa shape index (κ2) is 6.06. The molecular weight excluding hydrogens is 331 g/mol. The van der Waals surface area contributed by atoms with Gasteiger partial charge in [0.1, 0.15) is 0 Å². The lowest BCUT2D eigenvalue weighted by atomic mass is 9.97. The summed E-state index contributed by atoms with van der Waals surface area (Å²) in [6.45, 7) is 5.66. The molecule has 1 aliphatic carbocycles. The number of alkyl halides is 3. The first-order valence-corrected chi connectivity index (χ1v) is 7.98. The van der Waals surface area contributed by atoms with Crippen molar-refractivity contribution in [1.82, 2.24) is 9.55 Å². The molecule has 0 saturated carbocycles. The van der Waals surface area contributed by atoms with E-state index in [1.165, 1.54) is 10.6 Å². The van der Waals surface area contributed by atoms with Crippen molar-refractivity contribution in [2.75, 3.05) is 5.32 Å². The number of nitrogens with one attached hydrogen (secondary N) is 1. The van der Waals surface area contributed by atoms with Gasteiger partial charge < -0.3 is 0 Å². The first-order valence-electron chi connectivity index (χ1n) is 7.98. The summed E-state index contributed by atoms with van der Waals surface area (Å²) in [5.74, 6) is -0.101. The number of amides is 1. The molecule has 1 aromatic heterocycles. The molecular formula is C18H18F3N3O. The Balaban J connectivity index is 2.08. The Bertz CT molecular complexity index is 891. The van der Waals surface area contributed by atoms with Gasteiger partial charge in [0.15, 0.2) is 0 Å². The second-order valence-electron chi connectivity index (χ2n) is 6.44. The predicted molar refractivity (Wildman–Crippen MR) is 90.8 cm³/mol. The van der Waals surface area contributed by atoms with Crippen LogP contribution in [-0.2, 0) is 11.0 Å². The minimum atomic E-state index is -4.44. The summed E-state index contributed by atoms with van der Waals surface area (Å²) in [4.78, 5) is 16.7. The Morgan fingerprint density at radius 3 is 2.44 bits per heavy atom. The molecule has 1 amide bonds. The summed E-state index contributed by atoms with van der Waals surface area (Å²) in [7, 11) is 0. The number of hydrogen-bond acceptors (Lipinski definition) is 2. The van der Waals surface area contributed by atoms with E-state index in [-0.39, 0.29) is 23.7 Å². The highest BCUT2D eigenvalue weighted by Gasteiger charge is 2.31. The largest absolute Gasteiger partial charge is 0.416 e. The highest BCUT2D eigenvalue weighted by Crippen LogP contribution is 2.34. The second-order valence-corrected chi connectivity index (χ2v) is 6.44. The van der Waals surface area contributed by atoms with Crippen molar-refractivity contribution in [3.05, 3.63) is 42.0 Å². The third kappa shape index (κ3) is 3.18. The Morgan fingerprint density at radius 1 is 1.24 bits per heavy atom. The van der Waals surface area contributed by atoms with Crippen molar-refractivity contribution in [1.29, 1.82) is 0 Å². The molecule has 1 atom stereocenters. The molecule has 1 aromatic carbocycles. The average molecular weight is 349 g/mol. The van der Waals surface area contributed by atoms with Gasteiger partial charge in [0.05, 0.1) is 16.6 Å². The van der Waals surface area contributed by atoms with Crippen LogP contribution < -0.4 is 5.32 Å². The fourth-order valence-electron chi connectivity index (χ4n) is 2.45. The van der Waals surface area contributed by atoms with Crippen molar-refractivity contribution < 1.29 is 18.0 Å². The van der Waals surface area contributed by atoms with Crippen molar-refractivity contribution in [2.45, 2.75) is 26.9 Å². The molecule has 4 nitrogen and oxygen atoms in total. The number of nitrogens with zero attached hydrogens (tertiary/aromatic N) is 2. The molecule has 1 N–H and O–H groups in total. The van der Waals surface area contributed by atoms with Crippen LogP contribution in [0, 0.1) is 11.8 Å². The van der Waals surface area contributed by atoms with Crippen LogP contribution in [0.3, 0.4) is 0 Å². The molecule has 1 heterocycles. The van der Waals surface area contributed by atoms with Gasteiger partial charge in [-0.25, -0.2) is 4.98 Å². The summed E-state index contributed by atoms with van der Waals surface area (Å²) in [5.41, 5.74) is 0.618. The summed E-state index contributed by atoms with van der Waals surface area (Å²) in [6.07, 6.45) is 0.839. The van der Waals surface area contributed by atoms with E-state index < -0.39 is 11.7 Å². The van der Waals surface area contributed by atoms with E-state index >= 15 is 0 Å². The summed E-state index contributed by atoms with van der Waals surface area (Å²) in [5, 5.41) is 2.75. The molecule has 2 aromatic rings. The van der Waals surface area contributed by atoms with Gasteiger partial charge in [0.25, 0.3) is 0 Å². The fourth-order valence-corrected chi connectivity index (χ4v) is 2.45. The normalized spacial score (nSPS) is 15.2. The zero-order valence-electron chi connectivity index (χ0n) is 14.1. The molecule has 3 rings (SSSR count). The first-order chi connectivity index (χ1) is 11.7. The maximum atomic E-state index is 13.0. The zero-order valence-corrected chi connectivity index (χ0v) is 14.1. The number of rotatable bonds is 4. The Hall–Kier alpha value is -2.57. The number of fused-ring (bicyclic) bond motifs is 1. The number of anilines is 1. The maximum Gasteiger partial charge on any atom is 0.416 e. The minimum absolute atomic E-state index is 0.137. The van der Waals surface area contributed by atoms with Crippen LogP contribution in [0.4, 0.5) is 19.1 Å². The monoisotopic (exact) mass is 349 g/mol. The van der Waals surface area contributed by atoms with E-state index in [0.29, 0.717) is 16.7 Å². The first kappa shape index (κ1) is 17.3.